The fraction of sp³-hybridized carbons (Fsp3) is 0.529. The van der Waals surface area contributed by atoms with Crippen molar-refractivity contribution in [2.45, 2.75) is 38.6 Å². The molecule has 1 aromatic rings. The number of aryl methyl sites for hydroxylation is 1. The third-order valence-corrected chi connectivity index (χ3v) is 4.20. The molecular weight excluding hydrogens is 316 g/mol. The van der Waals surface area contributed by atoms with Crippen LogP contribution in [0.1, 0.15) is 31.7 Å². The molecule has 132 valence electrons. The van der Waals surface area contributed by atoms with Gasteiger partial charge in [0.25, 0.3) is 0 Å². The molecule has 1 heterocycles. The van der Waals surface area contributed by atoms with Crippen LogP contribution >= 0.6 is 0 Å². The number of carbonyl (C=O) groups excluding carboxylic acids is 2. The summed E-state index contributed by atoms with van der Waals surface area (Å²) < 4.78 is 25.9. The monoisotopic (exact) mass is 339 g/mol. The van der Waals surface area contributed by atoms with E-state index in [1.165, 1.54) is 6.07 Å². The molecular formula is C17H23F2N3O2. The highest BCUT2D eigenvalue weighted by atomic mass is 19.2. The molecule has 1 aliphatic rings. The Morgan fingerprint density at radius 1 is 1.29 bits per heavy atom. The highest BCUT2D eigenvalue weighted by Gasteiger charge is 2.29. The lowest BCUT2D eigenvalue weighted by Gasteiger charge is -2.28. The molecule has 0 aromatic heterocycles. The first kappa shape index (κ1) is 18.2. The third-order valence-electron chi connectivity index (χ3n) is 4.20. The van der Waals surface area contributed by atoms with E-state index < -0.39 is 17.7 Å². The number of amides is 3. The average molecular weight is 339 g/mol. The Labute approximate surface area is 140 Å². The Bertz CT molecular complexity index is 595. The van der Waals surface area contributed by atoms with E-state index in [0.29, 0.717) is 25.9 Å². The molecule has 0 unspecified atom stereocenters. The van der Waals surface area contributed by atoms with Gasteiger partial charge in [0.1, 0.15) is 6.04 Å². The molecule has 0 aliphatic carbocycles. The van der Waals surface area contributed by atoms with Crippen LogP contribution in [0.15, 0.2) is 18.2 Å². The Hall–Kier alpha value is -2.18. The first-order chi connectivity index (χ1) is 11.5. The van der Waals surface area contributed by atoms with Gasteiger partial charge in [-0.05, 0) is 49.3 Å². The topological polar surface area (TPSA) is 70.2 Å². The highest BCUT2D eigenvalue weighted by molar-refractivity contribution is 5.87. The maximum absolute atomic E-state index is 13.1. The quantitative estimate of drug-likeness (QED) is 0.695. The van der Waals surface area contributed by atoms with E-state index in [1.54, 1.807) is 6.07 Å². The summed E-state index contributed by atoms with van der Waals surface area (Å²) in [5.41, 5.74) is 0.728. The van der Waals surface area contributed by atoms with Crippen LogP contribution in [0.4, 0.5) is 13.6 Å². The number of piperidine rings is 1. The van der Waals surface area contributed by atoms with Gasteiger partial charge < -0.3 is 16.0 Å². The summed E-state index contributed by atoms with van der Waals surface area (Å²) in [5, 5.41) is 8.13. The van der Waals surface area contributed by atoms with Crippen LogP contribution in [0.5, 0.6) is 0 Å². The maximum Gasteiger partial charge on any atom is 0.315 e. The fourth-order valence-electron chi connectivity index (χ4n) is 2.71. The van der Waals surface area contributed by atoms with Gasteiger partial charge in [0, 0.05) is 13.1 Å². The number of halogens is 2. The number of hydrogen-bond donors (Lipinski definition) is 3. The van der Waals surface area contributed by atoms with Crippen LogP contribution < -0.4 is 16.0 Å². The standard InChI is InChI=1S/C17H23F2N3O2/c1-11-7-9-20-16(23)15(11)22-17(24)21-8-3-2-4-12-5-6-13(18)14(19)10-12/h5-6,10-11,15H,2-4,7-9H2,1H3,(H,20,23)(H2,21,22,24)/t11-,15+/m1/s1. The largest absolute Gasteiger partial charge is 0.354 e. The minimum Gasteiger partial charge on any atom is -0.354 e. The number of nitrogens with one attached hydrogen (secondary N) is 3. The second-order valence-corrected chi connectivity index (χ2v) is 6.14. The first-order valence-electron chi connectivity index (χ1n) is 8.23. The minimum absolute atomic E-state index is 0.109. The third kappa shape index (κ3) is 5.18. The van der Waals surface area contributed by atoms with Crippen LogP contribution in [0.3, 0.4) is 0 Å². The van der Waals surface area contributed by atoms with Crippen molar-refractivity contribution in [1.29, 1.82) is 0 Å². The van der Waals surface area contributed by atoms with E-state index >= 15 is 0 Å². The summed E-state index contributed by atoms with van der Waals surface area (Å²) in [4.78, 5) is 23.5. The molecule has 0 bridgehead atoms. The van der Waals surface area contributed by atoms with Gasteiger partial charge in [-0.2, -0.15) is 0 Å². The molecule has 1 saturated heterocycles. The van der Waals surface area contributed by atoms with Crippen molar-refractivity contribution in [2.75, 3.05) is 13.1 Å². The van der Waals surface area contributed by atoms with Gasteiger partial charge in [0.2, 0.25) is 5.91 Å². The Kier molecular flexibility index (Phi) is 6.52. The predicted octanol–water partition coefficient (Wildman–Crippen LogP) is 2.11. The van der Waals surface area contributed by atoms with Gasteiger partial charge in [-0.1, -0.05) is 13.0 Å². The molecule has 3 amide bonds. The normalized spacial score (nSPS) is 20.4. The molecule has 5 nitrogen and oxygen atoms in total. The lowest BCUT2D eigenvalue weighted by molar-refractivity contribution is -0.125. The number of benzene rings is 1. The smallest absolute Gasteiger partial charge is 0.315 e. The summed E-state index contributed by atoms with van der Waals surface area (Å²) in [6.07, 6.45) is 2.90. The van der Waals surface area contributed by atoms with Crippen molar-refractivity contribution in [3.05, 3.63) is 35.4 Å². The second-order valence-electron chi connectivity index (χ2n) is 6.14. The van der Waals surface area contributed by atoms with E-state index in [-0.39, 0.29) is 17.9 Å². The molecule has 0 saturated carbocycles. The molecule has 0 radical (unpaired) electrons. The van der Waals surface area contributed by atoms with Crippen molar-refractivity contribution in [3.8, 4) is 0 Å². The van der Waals surface area contributed by atoms with Crippen molar-refractivity contribution >= 4 is 11.9 Å². The lowest BCUT2D eigenvalue weighted by Crippen LogP contribution is -2.56. The zero-order valence-electron chi connectivity index (χ0n) is 13.7. The van der Waals surface area contributed by atoms with Gasteiger partial charge in [-0.25, -0.2) is 13.6 Å². The van der Waals surface area contributed by atoms with Crippen molar-refractivity contribution in [3.63, 3.8) is 0 Å². The van der Waals surface area contributed by atoms with Crippen LogP contribution in [-0.2, 0) is 11.2 Å². The number of rotatable bonds is 6. The molecule has 0 spiro atoms. The number of carbonyl (C=O) groups is 2. The maximum atomic E-state index is 13.1. The molecule has 2 atom stereocenters. The van der Waals surface area contributed by atoms with E-state index in [1.807, 2.05) is 6.92 Å². The fourth-order valence-corrected chi connectivity index (χ4v) is 2.71. The molecule has 24 heavy (non-hydrogen) atoms. The van der Waals surface area contributed by atoms with Gasteiger partial charge in [0.15, 0.2) is 11.6 Å². The Morgan fingerprint density at radius 2 is 2.08 bits per heavy atom. The SMILES string of the molecule is C[C@@H]1CCNC(=O)[C@H]1NC(=O)NCCCCc1ccc(F)c(F)c1. The molecule has 7 heteroatoms. The van der Waals surface area contributed by atoms with E-state index in [2.05, 4.69) is 16.0 Å². The number of urea groups is 1. The van der Waals surface area contributed by atoms with E-state index in [9.17, 15) is 18.4 Å². The lowest BCUT2D eigenvalue weighted by atomic mass is 9.94. The summed E-state index contributed by atoms with van der Waals surface area (Å²) in [6.45, 7) is 3.04. The van der Waals surface area contributed by atoms with Gasteiger partial charge in [-0.15, -0.1) is 0 Å². The van der Waals surface area contributed by atoms with Crippen LogP contribution in [-0.4, -0.2) is 31.1 Å². The summed E-state index contributed by atoms with van der Waals surface area (Å²) in [6, 6.07) is 3.00. The Morgan fingerprint density at radius 3 is 2.79 bits per heavy atom. The van der Waals surface area contributed by atoms with Crippen LogP contribution in [0, 0.1) is 17.6 Å². The van der Waals surface area contributed by atoms with E-state index in [4.69, 9.17) is 0 Å². The van der Waals surface area contributed by atoms with Crippen molar-refractivity contribution in [2.24, 2.45) is 5.92 Å². The number of unbranched alkanes of at least 4 members (excludes halogenated alkanes) is 1. The number of hydrogen-bond acceptors (Lipinski definition) is 2. The summed E-state index contributed by atoms with van der Waals surface area (Å²) in [5.74, 6) is -1.73. The highest BCUT2D eigenvalue weighted by Crippen LogP contribution is 2.12. The molecule has 1 aromatic carbocycles. The predicted molar refractivity (Wildman–Crippen MR) is 86.4 cm³/mol. The molecule has 1 aliphatic heterocycles. The summed E-state index contributed by atoms with van der Waals surface area (Å²) >= 11 is 0. The van der Waals surface area contributed by atoms with Gasteiger partial charge in [-0.3, -0.25) is 4.79 Å². The van der Waals surface area contributed by atoms with Crippen molar-refractivity contribution < 1.29 is 18.4 Å². The van der Waals surface area contributed by atoms with Gasteiger partial charge in [0.05, 0.1) is 0 Å². The van der Waals surface area contributed by atoms with Crippen LogP contribution in [0.2, 0.25) is 0 Å². The second kappa shape index (κ2) is 8.61. The van der Waals surface area contributed by atoms with E-state index in [0.717, 1.165) is 24.5 Å². The zero-order valence-corrected chi connectivity index (χ0v) is 13.7. The average Bonchev–Trinajstić information content (AvgIpc) is 2.54. The first-order valence-corrected chi connectivity index (χ1v) is 8.23. The Balaban J connectivity index is 1.64. The molecule has 2 rings (SSSR count). The van der Waals surface area contributed by atoms with Gasteiger partial charge >= 0.3 is 6.03 Å². The zero-order chi connectivity index (χ0) is 17.5. The molecule has 3 N–H and O–H groups in total. The van der Waals surface area contributed by atoms with Crippen molar-refractivity contribution in [1.82, 2.24) is 16.0 Å². The molecule has 1 fully saturated rings. The minimum atomic E-state index is -0.849. The summed E-state index contributed by atoms with van der Waals surface area (Å²) in [7, 11) is 0. The van der Waals surface area contributed by atoms with Crippen LogP contribution in [0.25, 0.3) is 0 Å².